The largest absolute Gasteiger partial charge is 0.494 e. The monoisotopic (exact) mass is 416 g/mol. The lowest BCUT2D eigenvalue weighted by Gasteiger charge is -2.32. The summed E-state index contributed by atoms with van der Waals surface area (Å²) in [6.07, 6.45) is 3.92. The summed E-state index contributed by atoms with van der Waals surface area (Å²) in [6.45, 7) is 8.37. The van der Waals surface area contributed by atoms with Gasteiger partial charge in [-0.05, 0) is 55.7 Å². The molecule has 0 amide bonds. The summed E-state index contributed by atoms with van der Waals surface area (Å²) in [4.78, 5) is 17.3. The van der Waals surface area contributed by atoms with Crippen LogP contribution in [0.25, 0.3) is 10.8 Å². The van der Waals surface area contributed by atoms with Crippen molar-refractivity contribution in [3.63, 3.8) is 0 Å². The summed E-state index contributed by atoms with van der Waals surface area (Å²) < 4.78 is 12.3. The van der Waals surface area contributed by atoms with Crippen molar-refractivity contribution in [2.45, 2.75) is 51.2 Å². The van der Waals surface area contributed by atoms with Crippen molar-refractivity contribution in [3.05, 3.63) is 72.1 Å². The molecule has 0 unspecified atom stereocenters. The molecule has 1 saturated heterocycles. The van der Waals surface area contributed by atoms with Crippen LogP contribution in [0.4, 0.5) is 0 Å². The zero-order valence-electron chi connectivity index (χ0n) is 18.6. The van der Waals surface area contributed by atoms with Crippen molar-refractivity contribution in [1.82, 2.24) is 4.98 Å². The Kier molecular flexibility index (Phi) is 5.73. The number of nitrogens with two attached hydrogens (primary N) is 1. The number of pyridine rings is 1. The Morgan fingerprint density at radius 3 is 2.48 bits per heavy atom. The highest BCUT2D eigenvalue weighted by atomic mass is 16.7. The highest BCUT2D eigenvalue weighted by Crippen LogP contribution is 2.36. The summed E-state index contributed by atoms with van der Waals surface area (Å²) in [6, 6.07) is 15.8. The first-order chi connectivity index (χ1) is 14.7. The Morgan fingerprint density at radius 1 is 1.03 bits per heavy atom. The van der Waals surface area contributed by atoms with Crippen LogP contribution in [0, 0.1) is 0 Å². The molecule has 5 nitrogen and oxygen atoms in total. The second kappa shape index (κ2) is 8.19. The molecule has 2 heterocycles. The molecular formula is C25H29BN2O3. The summed E-state index contributed by atoms with van der Waals surface area (Å²) in [5.41, 5.74) is 7.99. The molecule has 2 N–H and O–H groups in total. The van der Waals surface area contributed by atoms with Crippen LogP contribution in [0.5, 0.6) is 0 Å². The molecule has 1 aromatic heterocycles. The zero-order chi connectivity index (χ0) is 22.2. The number of carbonyl (C=O) groups excluding carboxylic acids is 1. The number of nitrogens with zero attached hydrogens (tertiary/aromatic N) is 1. The molecule has 2 aromatic carbocycles. The van der Waals surface area contributed by atoms with Crippen molar-refractivity contribution < 1.29 is 14.1 Å². The molecule has 4 rings (SSSR count). The lowest BCUT2D eigenvalue weighted by atomic mass is 9.77. The lowest BCUT2D eigenvalue weighted by molar-refractivity contribution is -0.119. The Morgan fingerprint density at radius 2 is 1.77 bits per heavy atom. The zero-order valence-corrected chi connectivity index (χ0v) is 18.6. The standard InChI is InChI=1S/C25H29BN2O3/c1-24(2)25(3,4)31-26(30-24)21-7-5-6-19(14-21)22(15-27)23(29)13-17-8-9-20-16-28-11-10-18(20)12-17/h5-12,14,16,22H,13,15,27H2,1-4H3/t22-/m1/s1. The third-order valence-corrected chi connectivity index (χ3v) is 6.55. The van der Waals surface area contributed by atoms with E-state index >= 15 is 0 Å². The van der Waals surface area contributed by atoms with Gasteiger partial charge >= 0.3 is 7.12 Å². The number of aromatic nitrogens is 1. The first-order valence-corrected chi connectivity index (χ1v) is 10.7. The minimum Gasteiger partial charge on any atom is -0.399 e. The minimum absolute atomic E-state index is 0.0991. The van der Waals surface area contributed by atoms with E-state index in [4.69, 9.17) is 15.0 Å². The predicted molar refractivity (Wildman–Crippen MR) is 124 cm³/mol. The minimum atomic E-state index is -0.465. The predicted octanol–water partition coefficient (Wildman–Crippen LogP) is 3.39. The number of hydrogen-bond donors (Lipinski definition) is 1. The first kappa shape index (κ1) is 21.7. The van der Waals surface area contributed by atoms with Crippen molar-refractivity contribution >= 4 is 29.1 Å². The summed E-state index contributed by atoms with van der Waals surface area (Å²) in [5, 5.41) is 2.14. The van der Waals surface area contributed by atoms with E-state index in [1.165, 1.54) is 0 Å². The Balaban J connectivity index is 1.54. The third kappa shape index (κ3) is 4.29. The van der Waals surface area contributed by atoms with E-state index in [9.17, 15) is 4.79 Å². The van der Waals surface area contributed by atoms with Crippen LogP contribution in [-0.2, 0) is 20.5 Å². The Labute approximate surface area is 184 Å². The van der Waals surface area contributed by atoms with E-state index in [0.717, 1.165) is 27.4 Å². The average molecular weight is 416 g/mol. The van der Waals surface area contributed by atoms with E-state index in [1.807, 2.05) is 82.4 Å². The second-order valence-electron chi connectivity index (χ2n) is 9.25. The molecule has 0 saturated carbocycles. The molecule has 1 aliphatic heterocycles. The molecule has 0 bridgehead atoms. The molecule has 1 aliphatic rings. The highest BCUT2D eigenvalue weighted by molar-refractivity contribution is 6.62. The van der Waals surface area contributed by atoms with Crippen LogP contribution in [0.2, 0.25) is 0 Å². The molecular weight excluding hydrogens is 387 g/mol. The topological polar surface area (TPSA) is 74.4 Å². The van der Waals surface area contributed by atoms with Crippen molar-refractivity contribution in [1.29, 1.82) is 0 Å². The first-order valence-electron chi connectivity index (χ1n) is 10.7. The maximum absolute atomic E-state index is 13.2. The summed E-state index contributed by atoms with van der Waals surface area (Å²) >= 11 is 0. The van der Waals surface area contributed by atoms with Gasteiger partial charge in [-0.3, -0.25) is 9.78 Å². The van der Waals surface area contributed by atoms with Crippen LogP contribution in [0.15, 0.2) is 60.9 Å². The van der Waals surface area contributed by atoms with Gasteiger partial charge in [-0.15, -0.1) is 0 Å². The molecule has 1 atom stereocenters. The molecule has 3 aromatic rings. The molecule has 1 fully saturated rings. The van der Waals surface area contributed by atoms with Crippen molar-refractivity contribution in [2.24, 2.45) is 5.73 Å². The van der Waals surface area contributed by atoms with E-state index in [-0.39, 0.29) is 18.2 Å². The van der Waals surface area contributed by atoms with Crippen LogP contribution >= 0.6 is 0 Å². The van der Waals surface area contributed by atoms with Crippen molar-refractivity contribution in [3.8, 4) is 0 Å². The molecule has 0 aliphatic carbocycles. The third-order valence-electron chi connectivity index (χ3n) is 6.55. The number of ketones is 1. The van der Waals surface area contributed by atoms with Gasteiger partial charge in [-0.1, -0.05) is 42.5 Å². The fraction of sp³-hybridized carbons (Fsp3) is 0.360. The average Bonchev–Trinajstić information content (AvgIpc) is 2.96. The Bertz CT molecular complexity index is 1100. The SMILES string of the molecule is CC1(C)OB(c2cccc([C@@H](CN)C(=O)Cc3ccc4cnccc4c3)c2)OC1(C)C. The maximum Gasteiger partial charge on any atom is 0.494 e. The second-order valence-corrected chi connectivity index (χ2v) is 9.25. The summed E-state index contributed by atoms with van der Waals surface area (Å²) in [5.74, 6) is -0.280. The van der Waals surface area contributed by atoms with E-state index in [0.29, 0.717) is 6.42 Å². The van der Waals surface area contributed by atoms with E-state index < -0.39 is 18.3 Å². The fourth-order valence-electron chi connectivity index (χ4n) is 3.92. The van der Waals surface area contributed by atoms with Crippen molar-refractivity contribution in [2.75, 3.05) is 6.54 Å². The van der Waals surface area contributed by atoms with E-state index in [1.54, 1.807) is 6.20 Å². The maximum atomic E-state index is 13.2. The van der Waals surface area contributed by atoms with Crippen LogP contribution in [0.1, 0.15) is 44.7 Å². The van der Waals surface area contributed by atoms with Gasteiger partial charge in [-0.2, -0.15) is 0 Å². The number of benzene rings is 2. The lowest BCUT2D eigenvalue weighted by Crippen LogP contribution is -2.41. The molecule has 0 radical (unpaired) electrons. The van der Waals surface area contributed by atoms with Gasteiger partial charge in [0.1, 0.15) is 5.78 Å². The number of hydrogen-bond acceptors (Lipinski definition) is 5. The number of fused-ring (bicyclic) bond motifs is 1. The quantitative estimate of drug-likeness (QED) is 0.624. The van der Waals surface area contributed by atoms with Crippen LogP contribution < -0.4 is 11.2 Å². The summed E-state index contributed by atoms with van der Waals surface area (Å²) in [7, 11) is -0.465. The molecule has 160 valence electrons. The molecule has 31 heavy (non-hydrogen) atoms. The van der Waals surface area contributed by atoms with Gasteiger partial charge in [0.25, 0.3) is 0 Å². The number of Topliss-reactive ketones (excluding diaryl/α,β-unsaturated/α-hetero) is 1. The number of carbonyl (C=O) groups is 1. The van der Waals surface area contributed by atoms with E-state index in [2.05, 4.69) is 4.98 Å². The van der Waals surface area contributed by atoms with Gasteiger partial charge < -0.3 is 15.0 Å². The molecule has 6 heteroatoms. The molecule has 0 spiro atoms. The van der Waals surface area contributed by atoms with Gasteiger partial charge in [-0.25, -0.2) is 0 Å². The fourth-order valence-corrected chi connectivity index (χ4v) is 3.92. The van der Waals surface area contributed by atoms with Gasteiger partial charge in [0, 0.05) is 30.7 Å². The smallest absolute Gasteiger partial charge is 0.399 e. The van der Waals surface area contributed by atoms with Crippen LogP contribution in [0.3, 0.4) is 0 Å². The highest BCUT2D eigenvalue weighted by Gasteiger charge is 2.51. The Hall–Kier alpha value is -2.54. The number of rotatable bonds is 6. The van der Waals surface area contributed by atoms with Gasteiger partial charge in [0.2, 0.25) is 0 Å². The van der Waals surface area contributed by atoms with Crippen LogP contribution in [-0.4, -0.2) is 35.6 Å². The normalized spacial score (nSPS) is 18.3. The van der Waals surface area contributed by atoms with Gasteiger partial charge in [0.05, 0.1) is 17.1 Å². The van der Waals surface area contributed by atoms with Gasteiger partial charge in [0.15, 0.2) is 0 Å².